The summed E-state index contributed by atoms with van der Waals surface area (Å²) in [5.41, 5.74) is 0. The van der Waals surface area contributed by atoms with Crippen LogP contribution in [-0.2, 0) is 61.7 Å². The Morgan fingerprint density at radius 2 is 0.393 bits per heavy atom. The SMILES string of the molecule is CCCCCCCCC=CCCCCCCCC(=O)OCC(O)COCC(O)COCC(O)COCC(O)COCC(O)COCC(O)COCC(O)COCC(O)COCC(O)COCC(O)COC(=O)CCCCCCCC=CCCCCCCCC. The number of hydrogen-bond donors (Lipinski definition) is 10. The smallest absolute Gasteiger partial charge is 0.305 e. The van der Waals surface area contributed by atoms with Crippen molar-refractivity contribution in [2.75, 3.05) is 132 Å². The molecule has 0 aromatic carbocycles. The van der Waals surface area contributed by atoms with Crippen LogP contribution in [0.2, 0.25) is 0 Å². The summed E-state index contributed by atoms with van der Waals surface area (Å²) in [5.74, 6) is -0.736. The maximum Gasteiger partial charge on any atom is 0.305 e. The van der Waals surface area contributed by atoms with E-state index in [1.807, 2.05) is 0 Å². The summed E-state index contributed by atoms with van der Waals surface area (Å²) >= 11 is 0. The monoisotopic (exact) mass is 1290 g/mol. The van der Waals surface area contributed by atoms with Gasteiger partial charge in [0.1, 0.15) is 74.3 Å². The standard InChI is InChI=1S/C66H126O23/c1-3-5-7-9-11-13-15-17-19-21-23-25-27-29-31-33-65(77)88-53-63(75)51-86-49-61(73)47-84-45-59(71)43-82-41-57(69)39-80-37-55(67)35-79-36-56(68)38-81-40-58(70)42-83-44-60(72)46-85-48-62(74)50-87-52-64(76)54-89-66(78)34-32-30-28-26-24-22-20-18-16-14-12-10-8-6-4-2/h17-20,55-64,67-76H,3-16,21-54H2,1-2H3. The van der Waals surface area contributed by atoms with Crippen LogP contribution in [-0.4, -0.2) is 256 Å². The number of rotatable bonds is 70. The number of aliphatic hydroxyl groups excluding tert-OH is 10. The lowest BCUT2D eigenvalue weighted by atomic mass is 10.1. The van der Waals surface area contributed by atoms with Crippen LogP contribution in [0, 0.1) is 0 Å². The normalized spacial score (nSPS) is 15.5. The fourth-order valence-electron chi connectivity index (χ4n) is 8.74. The summed E-state index contributed by atoms with van der Waals surface area (Å²) in [6.45, 7) is 0.971. The summed E-state index contributed by atoms with van der Waals surface area (Å²) in [5, 5.41) is 101. The molecule has 0 radical (unpaired) electrons. The third kappa shape index (κ3) is 65.5. The highest BCUT2D eigenvalue weighted by Gasteiger charge is 2.17. The van der Waals surface area contributed by atoms with Gasteiger partial charge in [-0.3, -0.25) is 9.59 Å². The van der Waals surface area contributed by atoms with Gasteiger partial charge in [-0.25, -0.2) is 0 Å². The highest BCUT2D eigenvalue weighted by atomic mass is 16.6. The van der Waals surface area contributed by atoms with Crippen molar-refractivity contribution < 1.29 is 113 Å². The largest absolute Gasteiger partial charge is 0.463 e. The lowest BCUT2D eigenvalue weighted by Gasteiger charge is -2.18. The number of aliphatic hydroxyl groups is 10. The molecule has 23 nitrogen and oxygen atoms in total. The van der Waals surface area contributed by atoms with E-state index in [0.29, 0.717) is 12.8 Å². The molecule has 10 atom stereocenters. The highest BCUT2D eigenvalue weighted by molar-refractivity contribution is 5.69. The number of carbonyl (C=O) groups excluding carboxylic acids is 2. The zero-order valence-electron chi connectivity index (χ0n) is 54.8. The molecular formula is C66H126O23. The molecule has 0 amide bonds. The zero-order valence-corrected chi connectivity index (χ0v) is 54.8. The number of ether oxygens (including phenoxy) is 11. The molecule has 0 saturated heterocycles. The Morgan fingerprint density at radius 1 is 0.236 bits per heavy atom. The average Bonchev–Trinajstić information content (AvgIpc) is 3.52. The first-order chi connectivity index (χ1) is 43.1. The highest BCUT2D eigenvalue weighted by Crippen LogP contribution is 2.13. The lowest BCUT2D eigenvalue weighted by molar-refractivity contribution is -0.149. The summed E-state index contributed by atoms with van der Waals surface area (Å²) in [7, 11) is 0. The van der Waals surface area contributed by atoms with Crippen molar-refractivity contribution in [2.45, 2.75) is 255 Å². The predicted octanol–water partition coefficient (Wildman–Crippen LogP) is 5.91. The van der Waals surface area contributed by atoms with Gasteiger partial charge in [-0.05, 0) is 64.2 Å². The van der Waals surface area contributed by atoms with Crippen LogP contribution >= 0.6 is 0 Å². The van der Waals surface area contributed by atoms with Crippen LogP contribution in [0.15, 0.2) is 24.3 Å². The molecule has 0 aromatic rings. The van der Waals surface area contributed by atoms with Gasteiger partial charge in [0.25, 0.3) is 0 Å². The Labute approximate surface area is 534 Å². The Hall–Kier alpha value is -2.34. The number of unbranched alkanes of at least 4 members (excludes halogenated alkanes) is 22. The van der Waals surface area contributed by atoms with E-state index in [1.165, 1.54) is 89.9 Å². The fraction of sp³-hybridized carbons (Fsp3) is 0.909. The van der Waals surface area contributed by atoms with Crippen molar-refractivity contribution in [1.82, 2.24) is 0 Å². The zero-order chi connectivity index (χ0) is 65.5. The van der Waals surface area contributed by atoms with Crippen LogP contribution in [0.1, 0.15) is 194 Å². The van der Waals surface area contributed by atoms with Gasteiger partial charge in [0.05, 0.1) is 119 Å². The molecule has 10 N–H and O–H groups in total. The van der Waals surface area contributed by atoms with Gasteiger partial charge in [0.15, 0.2) is 0 Å². The molecule has 0 rings (SSSR count). The van der Waals surface area contributed by atoms with E-state index in [4.69, 9.17) is 52.1 Å². The second-order valence-electron chi connectivity index (χ2n) is 23.4. The van der Waals surface area contributed by atoms with Crippen molar-refractivity contribution in [2.24, 2.45) is 0 Å². The molecule has 0 spiro atoms. The Bertz CT molecular complexity index is 1460. The van der Waals surface area contributed by atoms with E-state index in [2.05, 4.69) is 38.2 Å². The molecule has 0 heterocycles. The van der Waals surface area contributed by atoms with Crippen LogP contribution in [0.4, 0.5) is 0 Å². The average molecular weight is 1290 g/mol. The minimum Gasteiger partial charge on any atom is -0.463 e. The molecule has 0 aromatic heterocycles. The predicted molar refractivity (Wildman–Crippen MR) is 338 cm³/mol. The summed E-state index contributed by atoms with van der Waals surface area (Å²) in [4.78, 5) is 24.1. The van der Waals surface area contributed by atoms with Crippen LogP contribution in [0.5, 0.6) is 0 Å². The molecule has 0 fully saturated rings. The van der Waals surface area contributed by atoms with Gasteiger partial charge in [-0.15, -0.1) is 0 Å². The van der Waals surface area contributed by atoms with Gasteiger partial charge in [0, 0.05) is 12.8 Å². The van der Waals surface area contributed by atoms with E-state index in [0.717, 1.165) is 77.0 Å². The third-order valence-corrected chi connectivity index (χ3v) is 13.7. The minimum absolute atomic E-state index is 0.150. The molecule has 0 saturated carbocycles. The van der Waals surface area contributed by atoms with Crippen LogP contribution in [0.25, 0.3) is 0 Å². The van der Waals surface area contributed by atoms with Gasteiger partial charge in [0.2, 0.25) is 0 Å². The molecule has 0 aliphatic carbocycles. The number of hydrogen-bond acceptors (Lipinski definition) is 23. The van der Waals surface area contributed by atoms with E-state index >= 15 is 0 Å². The van der Waals surface area contributed by atoms with E-state index in [-0.39, 0.29) is 144 Å². The second kappa shape index (κ2) is 65.7. The van der Waals surface area contributed by atoms with Crippen molar-refractivity contribution in [3.05, 3.63) is 24.3 Å². The Balaban J connectivity index is 3.74. The lowest BCUT2D eigenvalue weighted by Crippen LogP contribution is -2.32. The quantitative estimate of drug-likeness (QED) is 0.0192. The second-order valence-corrected chi connectivity index (χ2v) is 23.4. The Morgan fingerprint density at radius 3 is 0.584 bits per heavy atom. The first-order valence-corrected chi connectivity index (χ1v) is 33.8. The number of esters is 2. The first-order valence-electron chi connectivity index (χ1n) is 33.8. The van der Waals surface area contributed by atoms with E-state index in [9.17, 15) is 60.7 Å². The van der Waals surface area contributed by atoms with Gasteiger partial charge in [-0.2, -0.15) is 0 Å². The molecule has 89 heavy (non-hydrogen) atoms. The molecular weight excluding hydrogens is 1160 g/mol. The number of carbonyl (C=O) groups is 2. The Kier molecular flexibility index (Phi) is 64.0. The minimum atomic E-state index is -1.07. The molecule has 0 aliphatic rings. The van der Waals surface area contributed by atoms with Crippen molar-refractivity contribution in [3.8, 4) is 0 Å². The van der Waals surface area contributed by atoms with Crippen LogP contribution < -0.4 is 0 Å². The molecule has 23 heteroatoms. The van der Waals surface area contributed by atoms with Crippen molar-refractivity contribution >= 4 is 11.9 Å². The summed E-state index contributed by atoms with van der Waals surface area (Å²) < 4.78 is 58.0. The first kappa shape index (κ1) is 86.7. The van der Waals surface area contributed by atoms with Crippen LogP contribution in [0.3, 0.4) is 0 Å². The summed E-state index contributed by atoms with van der Waals surface area (Å²) in [6.07, 6.45) is 29.6. The number of allylic oxidation sites excluding steroid dienone is 4. The molecule has 0 bridgehead atoms. The van der Waals surface area contributed by atoms with Gasteiger partial charge >= 0.3 is 11.9 Å². The fourth-order valence-corrected chi connectivity index (χ4v) is 8.74. The maximum atomic E-state index is 12.1. The van der Waals surface area contributed by atoms with Gasteiger partial charge in [-0.1, -0.05) is 141 Å². The molecule has 0 aliphatic heterocycles. The molecule has 10 unspecified atom stereocenters. The van der Waals surface area contributed by atoms with E-state index in [1.54, 1.807) is 0 Å². The topological polar surface area (TPSA) is 338 Å². The molecule has 528 valence electrons. The van der Waals surface area contributed by atoms with Crippen molar-refractivity contribution in [1.29, 1.82) is 0 Å². The summed E-state index contributed by atoms with van der Waals surface area (Å²) in [6, 6.07) is 0. The van der Waals surface area contributed by atoms with Gasteiger partial charge < -0.3 is 103 Å². The van der Waals surface area contributed by atoms with Crippen molar-refractivity contribution in [3.63, 3.8) is 0 Å². The van der Waals surface area contributed by atoms with E-state index < -0.39 is 61.0 Å². The third-order valence-electron chi connectivity index (χ3n) is 13.7. The maximum absolute atomic E-state index is 12.1.